The smallest absolute Gasteiger partial charge is 0.000226 e. The predicted octanol–water partition coefficient (Wildman–Crippen LogP) is 2.98. The number of hydrogen-bond acceptors (Lipinski definition) is 1. The second-order valence-corrected chi connectivity index (χ2v) is 3.92. The van der Waals surface area contributed by atoms with Crippen molar-refractivity contribution in [2.45, 2.75) is 39.5 Å². The first-order chi connectivity index (χ1) is 5.68. The molecule has 0 aliphatic heterocycles. The Morgan fingerprint density at radius 2 is 2.08 bits per heavy atom. The molecule has 0 fully saturated rings. The molecule has 0 spiro atoms. The predicted molar refractivity (Wildman–Crippen MR) is 56.4 cm³/mol. The lowest BCUT2D eigenvalue weighted by Gasteiger charge is -2.28. The van der Waals surface area contributed by atoms with Gasteiger partial charge in [-0.05, 0) is 31.7 Å². The Balaban J connectivity index is 3.88. The van der Waals surface area contributed by atoms with Crippen LogP contribution in [0.4, 0.5) is 0 Å². The van der Waals surface area contributed by atoms with Crippen molar-refractivity contribution in [1.29, 1.82) is 0 Å². The molecule has 0 bridgehead atoms. The quantitative estimate of drug-likeness (QED) is 0.578. The minimum absolute atomic E-state index is 0.470. The average Bonchev–Trinajstić information content (AvgIpc) is 2.02. The van der Waals surface area contributed by atoms with Gasteiger partial charge >= 0.3 is 0 Å². The van der Waals surface area contributed by atoms with E-state index < -0.39 is 0 Å². The van der Waals surface area contributed by atoms with Gasteiger partial charge in [-0.25, -0.2) is 0 Å². The van der Waals surface area contributed by atoms with Gasteiger partial charge in [0.05, 0.1) is 0 Å². The van der Waals surface area contributed by atoms with Crippen LogP contribution >= 0.6 is 0 Å². The molecule has 72 valence electrons. The highest BCUT2D eigenvalue weighted by Gasteiger charge is 2.20. The second kappa shape index (κ2) is 6.24. The molecule has 0 radical (unpaired) electrons. The van der Waals surface area contributed by atoms with E-state index >= 15 is 0 Å². The Bertz CT molecular complexity index is 112. The van der Waals surface area contributed by atoms with Crippen molar-refractivity contribution >= 4 is 0 Å². The fourth-order valence-corrected chi connectivity index (χ4v) is 1.78. The fraction of sp³-hybridized carbons (Fsp3) is 0.818. The SMILES string of the molecule is C=CCCC(C)(CCC)CNC. The number of allylic oxidation sites excluding steroid dienone is 1. The molecule has 0 aliphatic rings. The average molecular weight is 169 g/mol. The first kappa shape index (κ1) is 11.7. The third kappa shape index (κ3) is 4.55. The van der Waals surface area contributed by atoms with E-state index in [9.17, 15) is 0 Å². The Hall–Kier alpha value is -0.300. The van der Waals surface area contributed by atoms with Crippen LogP contribution in [0.5, 0.6) is 0 Å². The molecule has 0 heterocycles. The Kier molecular flexibility index (Phi) is 6.09. The summed E-state index contributed by atoms with van der Waals surface area (Å²) in [6.07, 6.45) is 6.99. The van der Waals surface area contributed by atoms with Crippen LogP contribution in [0.3, 0.4) is 0 Å². The lowest BCUT2D eigenvalue weighted by Crippen LogP contribution is -2.29. The molecule has 1 unspecified atom stereocenters. The van der Waals surface area contributed by atoms with Crippen LogP contribution in [0, 0.1) is 5.41 Å². The van der Waals surface area contributed by atoms with Crippen molar-refractivity contribution in [3.05, 3.63) is 12.7 Å². The van der Waals surface area contributed by atoms with Gasteiger partial charge in [0, 0.05) is 6.54 Å². The molecule has 0 saturated heterocycles. The van der Waals surface area contributed by atoms with E-state index in [4.69, 9.17) is 0 Å². The highest BCUT2D eigenvalue weighted by molar-refractivity contribution is 4.79. The molecule has 1 N–H and O–H groups in total. The molecule has 12 heavy (non-hydrogen) atoms. The molecule has 0 amide bonds. The van der Waals surface area contributed by atoms with Crippen LogP contribution in [-0.2, 0) is 0 Å². The number of nitrogens with one attached hydrogen (secondary N) is 1. The van der Waals surface area contributed by atoms with Crippen LogP contribution in [-0.4, -0.2) is 13.6 Å². The van der Waals surface area contributed by atoms with E-state index in [-0.39, 0.29) is 0 Å². The maximum absolute atomic E-state index is 3.76. The van der Waals surface area contributed by atoms with Gasteiger partial charge in [-0.2, -0.15) is 0 Å². The number of hydrogen-bond donors (Lipinski definition) is 1. The third-order valence-corrected chi connectivity index (χ3v) is 2.41. The maximum Gasteiger partial charge on any atom is 0.000226 e. The van der Waals surface area contributed by atoms with Crippen LogP contribution < -0.4 is 5.32 Å². The Morgan fingerprint density at radius 1 is 1.42 bits per heavy atom. The highest BCUT2D eigenvalue weighted by atomic mass is 14.8. The summed E-state index contributed by atoms with van der Waals surface area (Å²) in [7, 11) is 2.03. The van der Waals surface area contributed by atoms with Crippen molar-refractivity contribution in [1.82, 2.24) is 5.32 Å². The summed E-state index contributed by atoms with van der Waals surface area (Å²) in [5.74, 6) is 0. The molecule has 1 heteroatoms. The number of rotatable bonds is 7. The molecular weight excluding hydrogens is 146 g/mol. The summed E-state index contributed by atoms with van der Waals surface area (Å²) in [5.41, 5.74) is 0.470. The van der Waals surface area contributed by atoms with Gasteiger partial charge in [0.25, 0.3) is 0 Å². The first-order valence-corrected chi connectivity index (χ1v) is 4.94. The maximum atomic E-state index is 3.76. The van der Waals surface area contributed by atoms with Crippen molar-refractivity contribution in [2.24, 2.45) is 5.41 Å². The lowest BCUT2D eigenvalue weighted by molar-refractivity contribution is 0.264. The van der Waals surface area contributed by atoms with E-state index in [1.807, 2.05) is 13.1 Å². The van der Waals surface area contributed by atoms with Crippen LogP contribution in [0.15, 0.2) is 12.7 Å². The molecular formula is C11H23N. The van der Waals surface area contributed by atoms with Crippen molar-refractivity contribution in [3.63, 3.8) is 0 Å². The van der Waals surface area contributed by atoms with Gasteiger partial charge in [-0.3, -0.25) is 0 Å². The highest BCUT2D eigenvalue weighted by Crippen LogP contribution is 2.28. The molecule has 0 aromatic rings. The summed E-state index contributed by atoms with van der Waals surface area (Å²) >= 11 is 0. The molecule has 0 aliphatic carbocycles. The largest absolute Gasteiger partial charge is 0.319 e. The van der Waals surface area contributed by atoms with E-state index in [0.717, 1.165) is 13.0 Å². The minimum atomic E-state index is 0.470. The molecule has 0 saturated carbocycles. The Morgan fingerprint density at radius 3 is 2.50 bits per heavy atom. The standard InChI is InChI=1S/C11H23N/c1-5-7-9-11(3,8-6-2)10-12-4/h5,12H,1,6-10H2,2-4H3. The van der Waals surface area contributed by atoms with E-state index in [1.54, 1.807) is 0 Å². The van der Waals surface area contributed by atoms with Crippen molar-refractivity contribution < 1.29 is 0 Å². The van der Waals surface area contributed by atoms with Gasteiger partial charge < -0.3 is 5.32 Å². The van der Waals surface area contributed by atoms with Crippen molar-refractivity contribution in [3.8, 4) is 0 Å². The summed E-state index contributed by atoms with van der Waals surface area (Å²) < 4.78 is 0. The van der Waals surface area contributed by atoms with Crippen LogP contribution in [0.25, 0.3) is 0 Å². The molecule has 0 aromatic carbocycles. The van der Waals surface area contributed by atoms with Crippen molar-refractivity contribution in [2.75, 3.05) is 13.6 Å². The van der Waals surface area contributed by atoms with Crippen LogP contribution in [0.1, 0.15) is 39.5 Å². The van der Waals surface area contributed by atoms with E-state index in [0.29, 0.717) is 5.41 Å². The van der Waals surface area contributed by atoms with E-state index in [2.05, 4.69) is 25.7 Å². The second-order valence-electron chi connectivity index (χ2n) is 3.92. The zero-order chi connectivity index (χ0) is 9.45. The molecule has 0 aromatic heterocycles. The minimum Gasteiger partial charge on any atom is -0.319 e. The Labute approximate surface area is 77.2 Å². The summed E-state index contributed by atoms with van der Waals surface area (Å²) in [5, 5.41) is 3.27. The van der Waals surface area contributed by atoms with Crippen LogP contribution in [0.2, 0.25) is 0 Å². The lowest BCUT2D eigenvalue weighted by atomic mass is 9.81. The summed E-state index contributed by atoms with van der Waals surface area (Å²) in [6.45, 7) is 9.49. The van der Waals surface area contributed by atoms with Gasteiger partial charge in [0.2, 0.25) is 0 Å². The summed E-state index contributed by atoms with van der Waals surface area (Å²) in [4.78, 5) is 0. The van der Waals surface area contributed by atoms with E-state index in [1.165, 1.54) is 19.3 Å². The topological polar surface area (TPSA) is 12.0 Å². The fourth-order valence-electron chi connectivity index (χ4n) is 1.78. The zero-order valence-electron chi connectivity index (χ0n) is 8.82. The van der Waals surface area contributed by atoms with Gasteiger partial charge in [-0.15, -0.1) is 6.58 Å². The third-order valence-electron chi connectivity index (χ3n) is 2.41. The van der Waals surface area contributed by atoms with Gasteiger partial charge in [0.15, 0.2) is 0 Å². The monoisotopic (exact) mass is 169 g/mol. The first-order valence-electron chi connectivity index (χ1n) is 4.94. The molecule has 0 rings (SSSR count). The summed E-state index contributed by atoms with van der Waals surface area (Å²) in [6, 6.07) is 0. The van der Waals surface area contributed by atoms with Gasteiger partial charge in [0.1, 0.15) is 0 Å². The molecule has 1 atom stereocenters. The molecule has 1 nitrogen and oxygen atoms in total. The normalized spacial score (nSPS) is 15.6. The van der Waals surface area contributed by atoms with Gasteiger partial charge in [-0.1, -0.05) is 26.3 Å². The zero-order valence-corrected chi connectivity index (χ0v) is 8.82.